The van der Waals surface area contributed by atoms with Crippen LogP contribution in [-0.2, 0) is 4.79 Å². The highest BCUT2D eigenvalue weighted by atomic mass is 16.2. The first-order valence-electron chi connectivity index (χ1n) is 8.59. The molecule has 0 bridgehead atoms. The van der Waals surface area contributed by atoms with Crippen molar-refractivity contribution >= 4 is 23.3 Å². The Hall–Kier alpha value is -2.82. The van der Waals surface area contributed by atoms with Gasteiger partial charge in [0.1, 0.15) is 0 Å². The molecule has 1 aliphatic carbocycles. The predicted molar refractivity (Wildman–Crippen MR) is 99.8 cm³/mol. The largest absolute Gasteiger partial charge is 0.334 e. The molecule has 0 unspecified atom stereocenters. The van der Waals surface area contributed by atoms with Gasteiger partial charge in [0, 0.05) is 29.8 Å². The number of hydrogen-bond acceptors (Lipinski definition) is 2. The Morgan fingerprint density at radius 3 is 2.56 bits per heavy atom. The maximum atomic E-state index is 12.3. The highest BCUT2D eigenvalue weighted by Gasteiger charge is 2.39. The average Bonchev–Trinajstić information content (AvgIpc) is 3.37. The zero-order chi connectivity index (χ0) is 17.8. The summed E-state index contributed by atoms with van der Waals surface area (Å²) >= 11 is 0. The van der Waals surface area contributed by atoms with Gasteiger partial charge in [-0.15, -0.1) is 0 Å². The number of rotatable bonds is 5. The Labute approximate surface area is 147 Å². The predicted octanol–water partition coefficient (Wildman–Crippen LogP) is 4.02. The second-order valence-corrected chi connectivity index (χ2v) is 6.39. The summed E-state index contributed by atoms with van der Waals surface area (Å²) in [5.41, 5.74) is 3.58. The summed E-state index contributed by atoms with van der Waals surface area (Å²) in [6.45, 7) is 3.72. The summed E-state index contributed by atoms with van der Waals surface area (Å²) in [4.78, 5) is 23.8. The molecule has 0 saturated heterocycles. The van der Waals surface area contributed by atoms with Crippen LogP contribution in [0.2, 0.25) is 0 Å². The van der Waals surface area contributed by atoms with Crippen molar-refractivity contribution in [3.8, 4) is 0 Å². The van der Waals surface area contributed by atoms with Gasteiger partial charge in [-0.3, -0.25) is 4.79 Å². The smallest absolute Gasteiger partial charge is 0.319 e. The fraction of sp³-hybridized carbons (Fsp3) is 0.300. The molecule has 5 nitrogen and oxygen atoms in total. The van der Waals surface area contributed by atoms with Crippen LogP contribution in [0.25, 0.3) is 0 Å². The molecule has 2 aromatic rings. The minimum absolute atomic E-state index is 0.0528. The van der Waals surface area contributed by atoms with Crippen LogP contribution in [0.5, 0.6) is 0 Å². The van der Waals surface area contributed by atoms with Crippen LogP contribution in [0.1, 0.15) is 36.8 Å². The molecule has 1 saturated carbocycles. The van der Waals surface area contributed by atoms with Crippen LogP contribution < -0.4 is 16.0 Å². The summed E-state index contributed by atoms with van der Waals surface area (Å²) in [5.74, 6) is 0.339. The van der Waals surface area contributed by atoms with Crippen LogP contribution in [0, 0.1) is 6.92 Å². The summed E-state index contributed by atoms with van der Waals surface area (Å²) in [5, 5.41) is 8.70. The topological polar surface area (TPSA) is 70.2 Å². The first-order valence-corrected chi connectivity index (χ1v) is 8.59. The van der Waals surface area contributed by atoms with Crippen molar-refractivity contribution in [3.63, 3.8) is 0 Å². The second kappa shape index (κ2) is 7.38. The van der Waals surface area contributed by atoms with Gasteiger partial charge in [0.2, 0.25) is 5.91 Å². The molecule has 0 aliphatic heterocycles. The molecule has 1 fully saturated rings. The number of aryl methyl sites for hydroxylation is 1. The molecule has 130 valence electrons. The number of amides is 3. The third kappa shape index (κ3) is 4.38. The van der Waals surface area contributed by atoms with Gasteiger partial charge in [-0.25, -0.2) is 4.79 Å². The zero-order valence-electron chi connectivity index (χ0n) is 14.5. The number of hydrogen-bond donors (Lipinski definition) is 3. The number of benzene rings is 2. The minimum atomic E-state index is -0.217. The van der Waals surface area contributed by atoms with Crippen molar-refractivity contribution in [1.29, 1.82) is 0 Å². The Kier molecular flexibility index (Phi) is 5.03. The lowest BCUT2D eigenvalue weighted by Crippen LogP contribution is -2.31. The molecule has 3 rings (SSSR count). The molecule has 0 radical (unpaired) electrons. The van der Waals surface area contributed by atoms with E-state index in [2.05, 4.69) is 28.1 Å². The monoisotopic (exact) mass is 337 g/mol. The molecule has 5 heteroatoms. The maximum Gasteiger partial charge on any atom is 0.319 e. The fourth-order valence-corrected chi connectivity index (χ4v) is 2.83. The van der Waals surface area contributed by atoms with E-state index in [0.717, 1.165) is 12.0 Å². The third-order valence-corrected chi connectivity index (χ3v) is 4.43. The Balaban J connectivity index is 1.58. The van der Waals surface area contributed by atoms with Crippen molar-refractivity contribution < 1.29 is 9.59 Å². The maximum absolute atomic E-state index is 12.3. The Morgan fingerprint density at radius 2 is 1.84 bits per heavy atom. The fourth-order valence-electron chi connectivity index (χ4n) is 2.83. The lowest BCUT2D eigenvalue weighted by atomic mass is 10.1. The molecule has 3 N–H and O–H groups in total. The Bertz CT molecular complexity index is 774. The number of carbonyl (C=O) groups is 2. The molecule has 1 aliphatic rings. The number of urea groups is 1. The second-order valence-electron chi connectivity index (χ2n) is 6.39. The van der Waals surface area contributed by atoms with Crippen LogP contribution in [0.3, 0.4) is 0 Å². The lowest BCUT2D eigenvalue weighted by molar-refractivity contribution is -0.115. The van der Waals surface area contributed by atoms with Gasteiger partial charge in [-0.05, 0) is 36.6 Å². The molecule has 3 amide bonds. The first kappa shape index (κ1) is 17.0. The molecular weight excluding hydrogens is 314 g/mol. The normalized spacial score (nSPS) is 18.3. The summed E-state index contributed by atoms with van der Waals surface area (Å²) in [6, 6.07) is 15.7. The van der Waals surface area contributed by atoms with E-state index in [0.29, 0.717) is 23.7 Å². The van der Waals surface area contributed by atoms with Crippen LogP contribution in [0.15, 0.2) is 48.5 Å². The van der Waals surface area contributed by atoms with E-state index in [1.54, 1.807) is 13.0 Å². The van der Waals surface area contributed by atoms with Crippen LogP contribution in [0.4, 0.5) is 16.2 Å². The average molecular weight is 337 g/mol. The summed E-state index contributed by atoms with van der Waals surface area (Å²) in [6.07, 6.45) is 1.38. The van der Waals surface area contributed by atoms with Gasteiger partial charge in [-0.2, -0.15) is 0 Å². The van der Waals surface area contributed by atoms with Crippen molar-refractivity contribution in [1.82, 2.24) is 5.32 Å². The van der Waals surface area contributed by atoms with E-state index >= 15 is 0 Å². The molecule has 0 aromatic heterocycles. The van der Waals surface area contributed by atoms with Gasteiger partial charge >= 0.3 is 6.03 Å². The van der Waals surface area contributed by atoms with Crippen LogP contribution in [-0.4, -0.2) is 18.0 Å². The van der Waals surface area contributed by atoms with E-state index in [1.807, 2.05) is 37.3 Å². The third-order valence-electron chi connectivity index (χ3n) is 4.43. The first-order chi connectivity index (χ1) is 12.1. The van der Waals surface area contributed by atoms with Gasteiger partial charge in [0.25, 0.3) is 0 Å². The van der Waals surface area contributed by atoms with Gasteiger partial charge in [0.05, 0.1) is 0 Å². The van der Waals surface area contributed by atoms with Crippen molar-refractivity contribution in [2.75, 3.05) is 10.6 Å². The van der Waals surface area contributed by atoms with Gasteiger partial charge in [0.15, 0.2) is 0 Å². The van der Waals surface area contributed by atoms with E-state index in [4.69, 9.17) is 0 Å². The van der Waals surface area contributed by atoms with Gasteiger partial charge < -0.3 is 16.0 Å². The number of carbonyl (C=O) groups excluding carboxylic acids is 2. The minimum Gasteiger partial charge on any atom is -0.334 e. The number of nitrogens with one attached hydrogen (secondary N) is 3. The Morgan fingerprint density at radius 1 is 1.08 bits per heavy atom. The summed E-state index contributed by atoms with van der Waals surface area (Å²) < 4.78 is 0. The standard InChI is InChI=1S/C20H23N3O2/c1-3-19(24)21-15-10-9-13(2)17(11-15)22-20(25)23-18-12-16(18)14-7-5-4-6-8-14/h4-11,16,18H,3,12H2,1-2H3,(H,21,24)(H2,22,23,25)/t16-,18+/m0/s1. The van der Waals surface area contributed by atoms with E-state index in [9.17, 15) is 9.59 Å². The van der Waals surface area contributed by atoms with Crippen molar-refractivity contribution in [3.05, 3.63) is 59.7 Å². The van der Waals surface area contributed by atoms with Crippen molar-refractivity contribution in [2.45, 2.75) is 38.6 Å². The molecule has 0 heterocycles. The molecule has 2 aromatic carbocycles. The molecule has 25 heavy (non-hydrogen) atoms. The molecular formula is C20H23N3O2. The van der Waals surface area contributed by atoms with E-state index in [-0.39, 0.29) is 18.0 Å². The van der Waals surface area contributed by atoms with E-state index < -0.39 is 0 Å². The molecule has 2 atom stereocenters. The SMILES string of the molecule is CCC(=O)Nc1ccc(C)c(NC(=O)N[C@@H]2C[C@H]2c2ccccc2)c1. The van der Waals surface area contributed by atoms with Crippen molar-refractivity contribution in [2.24, 2.45) is 0 Å². The highest BCUT2D eigenvalue weighted by Crippen LogP contribution is 2.40. The molecule has 0 spiro atoms. The van der Waals surface area contributed by atoms with Crippen LogP contribution >= 0.6 is 0 Å². The van der Waals surface area contributed by atoms with E-state index in [1.165, 1.54) is 5.56 Å². The quantitative estimate of drug-likeness (QED) is 0.771. The highest BCUT2D eigenvalue weighted by molar-refractivity contribution is 5.94. The number of anilines is 2. The zero-order valence-corrected chi connectivity index (χ0v) is 14.5. The lowest BCUT2D eigenvalue weighted by Gasteiger charge is -2.12. The summed E-state index contributed by atoms with van der Waals surface area (Å²) in [7, 11) is 0. The van der Waals surface area contributed by atoms with Gasteiger partial charge in [-0.1, -0.05) is 43.3 Å².